The lowest BCUT2D eigenvalue weighted by molar-refractivity contribution is -0.132. The predicted molar refractivity (Wildman–Crippen MR) is 95.7 cm³/mol. The number of carbonyl (C=O) groups is 2. The molecule has 0 bridgehead atoms. The summed E-state index contributed by atoms with van der Waals surface area (Å²) in [5, 5.41) is 2.82. The molecule has 1 aliphatic heterocycles. The summed E-state index contributed by atoms with van der Waals surface area (Å²) < 4.78 is 10.7. The van der Waals surface area contributed by atoms with Gasteiger partial charge in [-0.15, -0.1) is 0 Å². The van der Waals surface area contributed by atoms with Crippen molar-refractivity contribution >= 4 is 11.8 Å². The molecule has 0 spiro atoms. The highest BCUT2D eigenvalue weighted by Crippen LogP contribution is 2.33. The van der Waals surface area contributed by atoms with Gasteiger partial charge in [0.05, 0.1) is 14.2 Å². The van der Waals surface area contributed by atoms with E-state index in [0.717, 1.165) is 12.0 Å². The summed E-state index contributed by atoms with van der Waals surface area (Å²) in [5.41, 5.74) is 1.82. The fourth-order valence-electron chi connectivity index (χ4n) is 2.80. The van der Waals surface area contributed by atoms with Crippen LogP contribution in [0.4, 0.5) is 0 Å². The monoisotopic (exact) mass is 348 g/mol. The number of carbonyl (C=O) groups excluding carboxylic acids is 2. The molecule has 1 aromatic carbocycles. The highest BCUT2D eigenvalue weighted by Gasteiger charge is 2.24. The number of methoxy groups -OCH3 is 2. The number of nitrogens with zero attached hydrogens (tertiary/aromatic N) is 1. The van der Waals surface area contributed by atoms with Crippen LogP contribution in [0.15, 0.2) is 12.1 Å². The van der Waals surface area contributed by atoms with E-state index in [2.05, 4.69) is 5.32 Å². The van der Waals surface area contributed by atoms with Gasteiger partial charge in [-0.05, 0) is 29.7 Å². The molecule has 2 rings (SSSR count). The van der Waals surface area contributed by atoms with Gasteiger partial charge in [0.25, 0.3) is 0 Å². The van der Waals surface area contributed by atoms with Crippen molar-refractivity contribution in [3.63, 3.8) is 0 Å². The Labute approximate surface area is 149 Å². The largest absolute Gasteiger partial charge is 0.493 e. The second-order valence-corrected chi connectivity index (χ2v) is 7.30. The number of nitrogens with one attached hydrogen (secondary N) is 1. The molecule has 0 aromatic heterocycles. The summed E-state index contributed by atoms with van der Waals surface area (Å²) in [6.45, 7) is 7.16. The normalized spacial score (nSPS) is 13.9. The molecule has 0 radical (unpaired) electrons. The molecule has 6 heteroatoms. The van der Waals surface area contributed by atoms with Gasteiger partial charge in [0.15, 0.2) is 11.5 Å². The first-order valence-electron chi connectivity index (χ1n) is 8.56. The Morgan fingerprint density at radius 2 is 1.72 bits per heavy atom. The van der Waals surface area contributed by atoms with E-state index in [4.69, 9.17) is 9.47 Å². The highest BCUT2D eigenvalue weighted by atomic mass is 16.5. The lowest BCUT2D eigenvalue weighted by Gasteiger charge is -2.30. The van der Waals surface area contributed by atoms with Crippen LogP contribution in [0.5, 0.6) is 11.5 Å². The lowest BCUT2D eigenvalue weighted by Crippen LogP contribution is -2.40. The molecule has 1 N–H and O–H groups in total. The number of amides is 2. The maximum Gasteiger partial charge on any atom is 0.225 e. The average Bonchev–Trinajstić information content (AvgIpc) is 2.58. The van der Waals surface area contributed by atoms with E-state index in [1.54, 1.807) is 14.2 Å². The first-order chi connectivity index (χ1) is 11.8. The van der Waals surface area contributed by atoms with E-state index in [0.29, 0.717) is 37.6 Å². The quantitative estimate of drug-likeness (QED) is 0.885. The molecular formula is C19H28N2O4. The van der Waals surface area contributed by atoms with Gasteiger partial charge in [-0.3, -0.25) is 9.59 Å². The van der Waals surface area contributed by atoms with Crippen molar-refractivity contribution in [2.45, 2.75) is 40.2 Å². The van der Waals surface area contributed by atoms with Crippen LogP contribution in [0.25, 0.3) is 0 Å². The zero-order chi connectivity index (χ0) is 18.6. The minimum Gasteiger partial charge on any atom is -0.493 e. The fraction of sp³-hybridized carbons (Fsp3) is 0.579. The number of rotatable bonds is 5. The van der Waals surface area contributed by atoms with Gasteiger partial charge in [0.2, 0.25) is 11.8 Å². The summed E-state index contributed by atoms with van der Waals surface area (Å²) in [6, 6.07) is 3.93. The first kappa shape index (κ1) is 19.1. The summed E-state index contributed by atoms with van der Waals surface area (Å²) >= 11 is 0. The van der Waals surface area contributed by atoms with Crippen LogP contribution in [-0.2, 0) is 22.6 Å². The molecule has 0 saturated heterocycles. The minimum absolute atomic E-state index is 0.0406. The zero-order valence-electron chi connectivity index (χ0n) is 15.8. The number of benzene rings is 1. The molecule has 0 unspecified atom stereocenters. The smallest absolute Gasteiger partial charge is 0.225 e. The standard InChI is InChI=1S/C19H28N2O4/c1-19(2,3)18(23)20-8-6-17(22)21-9-7-13-10-15(24-4)16(25-5)11-14(13)12-21/h10-11H,6-9,12H2,1-5H3,(H,20,23). The van der Waals surface area contributed by atoms with E-state index in [9.17, 15) is 9.59 Å². The summed E-state index contributed by atoms with van der Waals surface area (Å²) in [4.78, 5) is 26.1. The molecular weight excluding hydrogens is 320 g/mol. The van der Waals surface area contributed by atoms with Gasteiger partial charge in [-0.1, -0.05) is 20.8 Å². The second kappa shape index (κ2) is 7.76. The van der Waals surface area contributed by atoms with Gasteiger partial charge in [-0.25, -0.2) is 0 Å². The Hall–Kier alpha value is -2.24. The summed E-state index contributed by atoms with van der Waals surface area (Å²) in [5.74, 6) is 1.40. The maximum absolute atomic E-state index is 12.4. The Bertz CT molecular complexity index is 650. The van der Waals surface area contributed by atoms with E-state index in [-0.39, 0.29) is 11.8 Å². The summed E-state index contributed by atoms with van der Waals surface area (Å²) in [7, 11) is 3.22. The van der Waals surface area contributed by atoms with Gasteiger partial charge in [-0.2, -0.15) is 0 Å². The third kappa shape index (κ3) is 4.65. The molecule has 0 saturated carbocycles. The SMILES string of the molecule is COc1cc2c(cc1OC)CN(C(=O)CCNC(=O)C(C)(C)C)CC2. The van der Waals surface area contributed by atoms with E-state index < -0.39 is 5.41 Å². The Balaban J connectivity index is 1.95. The predicted octanol–water partition coefficient (Wildman–Crippen LogP) is 2.14. The summed E-state index contributed by atoms with van der Waals surface area (Å²) in [6.07, 6.45) is 1.10. The molecule has 6 nitrogen and oxygen atoms in total. The van der Waals surface area contributed by atoms with Crippen LogP contribution < -0.4 is 14.8 Å². The zero-order valence-corrected chi connectivity index (χ0v) is 15.8. The van der Waals surface area contributed by atoms with E-state index >= 15 is 0 Å². The van der Waals surface area contributed by atoms with Crippen LogP contribution >= 0.6 is 0 Å². The van der Waals surface area contributed by atoms with Crippen LogP contribution in [-0.4, -0.2) is 44.0 Å². The number of hydrogen-bond donors (Lipinski definition) is 1. The third-order valence-corrected chi connectivity index (χ3v) is 4.38. The topological polar surface area (TPSA) is 67.9 Å². The number of ether oxygens (including phenoxy) is 2. The Kier molecular flexibility index (Phi) is 5.93. The van der Waals surface area contributed by atoms with Crippen molar-refractivity contribution in [1.82, 2.24) is 10.2 Å². The van der Waals surface area contributed by atoms with Gasteiger partial charge in [0.1, 0.15) is 0 Å². The van der Waals surface area contributed by atoms with Gasteiger partial charge < -0.3 is 19.7 Å². The number of fused-ring (bicyclic) bond motifs is 1. The number of hydrogen-bond acceptors (Lipinski definition) is 4. The van der Waals surface area contributed by atoms with Crippen molar-refractivity contribution in [1.29, 1.82) is 0 Å². The molecule has 0 fully saturated rings. The van der Waals surface area contributed by atoms with Crippen molar-refractivity contribution in [2.24, 2.45) is 5.41 Å². The maximum atomic E-state index is 12.4. The van der Waals surface area contributed by atoms with Gasteiger partial charge in [0, 0.05) is 31.5 Å². The highest BCUT2D eigenvalue weighted by molar-refractivity contribution is 5.82. The second-order valence-electron chi connectivity index (χ2n) is 7.30. The van der Waals surface area contributed by atoms with Crippen LogP contribution in [0, 0.1) is 5.41 Å². The molecule has 1 aliphatic rings. The molecule has 0 atom stereocenters. The van der Waals surface area contributed by atoms with Crippen molar-refractivity contribution < 1.29 is 19.1 Å². The third-order valence-electron chi connectivity index (χ3n) is 4.38. The van der Waals surface area contributed by atoms with E-state index in [1.807, 2.05) is 37.8 Å². The van der Waals surface area contributed by atoms with Crippen molar-refractivity contribution in [2.75, 3.05) is 27.3 Å². The van der Waals surface area contributed by atoms with Gasteiger partial charge >= 0.3 is 0 Å². The van der Waals surface area contributed by atoms with Crippen molar-refractivity contribution in [3.05, 3.63) is 23.3 Å². The lowest BCUT2D eigenvalue weighted by atomic mass is 9.96. The van der Waals surface area contributed by atoms with Crippen LogP contribution in [0.1, 0.15) is 38.3 Å². The first-order valence-corrected chi connectivity index (χ1v) is 8.56. The fourth-order valence-corrected chi connectivity index (χ4v) is 2.80. The Morgan fingerprint density at radius 3 is 2.28 bits per heavy atom. The minimum atomic E-state index is -0.442. The molecule has 1 heterocycles. The molecule has 1 aromatic rings. The molecule has 2 amide bonds. The molecule has 0 aliphatic carbocycles. The van der Waals surface area contributed by atoms with E-state index in [1.165, 1.54) is 5.56 Å². The molecule has 25 heavy (non-hydrogen) atoms. The molecule has 138 valence electrons. The average molecular weight is 348 g/mol. The Morgan fingerprint density at radius 1 is 1.12 bits per heavy atom. The van der Waals surface area contributed by atoms with Crippen LogP contribution in [0.3, 0.4) is 0 Å². The van der Waals surface area contributed by atoms with Crippen molar-refractivity contribution in [3.8, 4) is 11.5 Å². The van der Waals surface area contributed by atoms with Crippen LogP contribution in [0.2, 0.25) is 0 Å².